The van der Waals surface area contributed by atoms with Crippen LogP contribution in [0, 0.1) is 0 Å². The normalized spacial score (nSPS) is 16.6. The van der Waals surface area contributed by atoms with E-state index in [1.165, 1.54) is 0 Å². The summed E-state index contributed by atoms with van der Waals surface area (Å²) in [6, 6.07) is 5.00. The van der Waals surface area contributed by atoms with Crippen LogP contribution >= 0.6 is 11.6 Å². The summed E-state index contributed by atoms with van der Waals surface area (Å²) in [6.07, 6.45) is -1.76. The standard InChI is InChI=1S/C10H9ClF2O/c11-9(10(12)13)7-1-2-8-6(5-7)3-4-14-8/h1-2,5,9-10H,3-4H2. The van der Waals surface area contributed by atoms with Crippen LogP contribution in [0.3, 0.4) is 0 Å². The van der Waals surface area contributed by atoms with Gasteiger partial charge in [0.1, 0.15) is 11.1 Å². The molecule has 0 aliphatic carbocycles. The maximum Gasteiger partial charge on any atom is 0.258 e. The predicted octanol–water partition coefficient (Wildman–Crippen LogP) is 3.17. The van der Waals surface area contributed by atoms with Crippen molar-refractivity contribution >= 4 is 11.6 Å². The molecule has 0 N–H and O–H groups in total. The van der Waals surface area contributed by atoms with Gasteiger partial charge in [-0.2, -0.15) is 0 Å². The smallest absolute Gasteiger partial charge is 0.258 e. The Kier molecular flexibility index (Phi) is 2.59. The van der Waals surface area contributed by atoms with Crippen molar-refractivity contribution in [3.63, 3.8) is 0 Å². The van der Waals surface area contributed by atoms with Gasteiger partial charge in [-0.25, -0.2) is 8.78 Å². The van der Waals surface area contributed by atoms with Crippen LogP contribution in [0.5, 0.6) is 5.75 Å². The summed E-state index contributed by atoms with van der Waals surface area (Å²) in [4.78, 5) is 0. The molecular weight excluding hydrogens is 210 g/mol. The highest BCUT2D eigenvalue weighted by molar-refractivity contribution is 6.21. The molecule has 1 heterocycles. The van der Waals surface area contributed by atoms with Gasteiger partial charge in [0, 0.05) is 6.42 Å². The van der Waals surface area contributed by atoms with Gasteiger partial charge in [-0.15, -0.1) is 11.6 Å². The molecule has 0 aromatic heterocycles. The van der Waals surface area contributed by atoms with Gasteiger partial charge in [-0.3, -0.25) is 0 Å². The molecule has 1 aromatic rings. The van der Waals surface area contributed by atoms with Crippen molar-refractivity contribution in [1.29, 1.82) is 0 Å². The molecule has 0 fully saturated rings. The molecule has 0 saturated heterocycles. The summed E-state index contributed by atoms with van der Waals surface area (Å²) in [5.74, 6) is 0.784. The highest BCUT2D eigenvalue weighted by atomic mass is 35.5. The second-order valence-electron chi connectivity index (χ2n) is 3.20. The molecule has 1 aromatic carbocycles. The van der Waals surface area contributed by atoms with E-state index in [4.69, 9.17) is 16.3 Å². The highest BCUT2D eigenvalue weighted by Gasteiger charge is 2.21. The Morgan fingerprint density at radius 3 is 2.86 bits per heavy atom. The van der Waals surface area contributed by atoms with Gasteiger partial charge in [0.15, 0.2) is 0 Å². The van der Waals surface area contributed by atoms with Crippen molar-refractivity contribution in [3.8, 4) is 5.75 Å². The Bertz CT molecular complexity index is 341. The fraction of sp³-hybridized carbons (Fsp3) is 0.400. The molecule has 2 rings (SSSR count). The number of rotatable bonds is 2. The average Bonchev–Trinajstić information content (AvgIpc) is 2.62. The summed E-state index contributed by atoms with van der Waals surface area (Å²) in [7, 11) is 0. The Balaban J connectivity index is 2.28. The number of alkyl halides is 3. The Labute approximate surface area is 85.6 Å². The first-order valence-electron chi connectivity index (χ1n) is 4.36. The van der Waals surface area contributed by atoms with E-state index in [2.05, 4.69) is 0 Å². The summed E-state index contributed by atoms with van der Waals surface area (Å²) in [6.45, 7) is 0.625. The van der Waals surface area contributed by atoms with Crippen LogP contribution in [0.25, 0.3) is 0 Å². The third-order valence-electron chi connectivity index (χ3n) is 2.25. The zero-order valence-electron chi connectivity index (χ0n) is 7.34. The second-order valence-corrected chi connectivity index (χ2v) is 3.67. The summed E-state index contributed by atoms with van der Waals surface area (Å²) < 4.78 is 29.9. The van der Waals surface area contributed by atoms with Crippen LogP contribution in [0.1, 0.15) is 16.5 Å². The Hall–Kier alpha value is -0.830. The number of fused-ring (bicyclic) bond motifs is 1. The van der Waals surface area contributed by atoms with Crippen molar-refractivity contribution in [2.45, 2.75) is 18.2 Å². The topological polar surface area (TPSA) is 9.23 Å². The van der Waals surface area contributed by atoms with Crippen molar-refractivity contribution in [2.24, 2.45) is 0 Å². The van der Waals surface area contributed by atoms with E-state index in [-0.39, 0.29) is 0 Å². The van der Waals surface area contributed by atoms with Crippen LogP contribution in [-0.2, 0) is 6.42 Å². The average molecular weight is 219 g/mol. The second kappa shape index (κ2) is 3.73. The van der Waals surface area contributed by atoms with Crippen LogP contribution in [0.4, 0.5) is 8.78 Å². The van der Waals surface area contributed by atoms with Crippen molar-refractivity contribution < 1.29 is 13.5 Å². The minimum absolute atomic E-state index is 0.464. The van der Waals surface area contributed by atoms with E-state index in [0.29, 0.717) is 12.2 Å². The molecule has 1 aliphatic rings. The Morgan fingerprint density at radius 2 is 2.14 bits per heavy atom. The highest BCUT2D eigenvalue weighted by Crippen LogP contribution is 2.33. The van der Waals surface area contributed by atoms with Crippen LogP contribution < -0.4 is 4.74 Å². The van der Waals surface area contributed by atoms with E-state index in [9.17, 15) is 8.78 Å². The lowest BCUT2D eigenvalue weighted by molar-refractivity contribution is 0.143. The quantitative estimate of drug-likeness (QED) is 0.693. The summed E-state index contributed by atoms with van der Waals surface area (Å²) in [5.41, 5.74) is 1.43. The number of hydrogen-bond acceptors (Lipinski definition) is 1. The van der Waals surface area contributed by atoms with Crippen molar-refractivity contribution in [3.05, 3.63) is 29.3 Å². The molecule has 1 nitrogen and oxygen atoms in total. The lowest BCUT2D eigenvalue weighted by Gasteiger charge is -2.09. The van der Waals surface area contributed by atoms with Gasteiger partial charge >= 0.3 is 0 Å². The van der Waals surface area contributed by atoms with Gasteiger partial charge in [0.2, 0.25) is 0 Å². The van der Waals surface area contributed by atoms with Crippen molar-refractivity contribution in [2.75, 3.05) is 6.61 Å². The fourth-order valence-corrected chi connectivity index (χ4v) is 1.66. The van der Waals surface area contributed by atoms with E-state index >= 15 is 0 Å². The number of benzene rings is 1. The lowest BCUT2D eigenvalue weighted by atomic mass is 10.1. The van der Waals surface area contributed by atoms with E-state index in [0.717, 1.165) is 17.7 Å². The van der Waals surface area contributed by atoms with E-state index in [1.807, 2.05) is 0 Å². The molecular formula is C10H9ClF2O. The SMILES string of the molecule is FC(F)C(Cl)c1ccc2c(c1)CCO2. The number of hydrogen-bond donors (Lipinski definition) is 0. The molecule has 0 bridgehead atoms. The summed E-state index contributed by atoms with van der Waals surface area (Å²) in [5, 5.41) is -1.22. The largest absolute Gasteiger partial charge is 0.493 e. The van der Waals surface area contributed by atoms with E-state index in [1.54, 1.807) is 18.2 Å². The third kappa shape index (κ3) is 1.69. The van der Waals surface area contributed by atoms with Gasteiger partial charge in [0.05, 0.1) is 6.61 Å². The molecule has 0 amide bonds. The molecule has 14 heavy (non-hydrogen) atoms. The zero-order valence-corrected chi connectivity index (χ0v) is 8.10. The maximum absolute atomic E-state index is 12.3. The number of halogens is 3. The van der Waals surface area contributed by atoms with Crippen LogP contribution in [0.15, 0.2) is 18.2 Å². The minimum Gasteiger partial charge on any atom is -0.493 e. The van der Waals surface area contributed by atoms with Gasteiger partial charge in [0.25, 0.3) is 6.43 Å². The molecule has 1 unspecified atom stereocenters. The van der Waals surface area contributed by atoms with Gasteiger partial charge in [-0.1, -0.05) is 12.1 Å². The van der Waals surface area contributed by atoms with Crippen LogP contribution in [0.2, 0.25) is 0 Å². The van der Waals surface area contributed by atoms with Crippen LogP contribution in [-0.4, -0.2) is 13.0 Å². The maximum atomic E-state index is 12.3. The monoisotopic (exact) mass is 218 g/mol. The molecule has 0 spiro atoms. The predicted molar refractivity (Wildman–Crippen MR) is 50.2 cm³/mol. The molecule has 4 heteroatoms. The zero-order chi connectivity index (χ0) is 10.1. The van der Waals surface area contributed by atoms with E-state index < -0.39 is 11.8 Å². The molecule has 1 aliphatic heterocycles. The minimum atomic E-state index is -2.53. The molecule has 0 radical (unpaired) electrons. The first kappa shape index (κ1) is 9.71. The molecule has 76 valence electrons. The Morgan fingerprint density at radius 1 is 1.36 bits per heavy atom. The summed E-state index contributed by atoms with van der Waals surface area (Å²) >= 11 is 5.55. The van der Waals surface area contributed by atoms with Gasteiger partial charge in [-0.05, 0) is 17.2 Å². The first-order valence-corrected chi connectivity index (χ1v) is 4.80. The number of ether oxygens (including phenoxy) is 1. The third-order valence-corrected chi connectivity index (χ3v) is 2.70. The van der Waals surface area contributed by atoms with Crippen molar-refractivity contribution in [1.82, 2.24) is 0 Å². The molecule has 1 atom stereocenters. The first-order chi connectivity index (χ1) is 6.68. The molecule has 0 saturated carbocycles. The van der Waals surface area contributed by atoms with Gasteiger partial charge < -0.3 is 4.74 Å². The lowest BCUT2D eigenvalue weighted by Crippen LogP contribution is -2.02. The fourth-order valence-electron chi connectivity index (χ4n) is 1.52.